The number of amides is 1. The second kappa shape index (κ2) is 5.69. The summed E-state index contributed by atoms with van der Waals surface area (Å²) in [5, 5.41) is 3.92. The van der Waals surface area contributed by atoms with Crippen LogP contribution in [0.5, 0.6) is 0 Å². The van der Waals surface area contributed by atoms with Crippen molar-refractivity contribution < 1.29 is 18.0 Å². The molecule has 0 aliphatic heterocycles. The van der Waals surface area contributed by atoms with Crippen LogP contribution in [0.4, 0.5) is 13.2 Å². The molecule has 3 rings (SSSR count). The summed E-state index contributed by atoms with van der Waals surface area (Å²) in [7, 11) is 0. The fourth-order valence-electron chi connectivity index (χ4n) is 2.88. The van der Waals surface area contributed by atoms with E-state index < -0.39 is 17.5 Å². The van der Waals surface area contributed by atoms with Gasteiger partial charge in [0, 0.05) is 21.6 Å². The molecule has 2 aromatic rings. The van der Waals surface area contributed by atoms with Gasteiger partial charge in [0.15, 0.2) is 0 Å². The van der Waals surface area contributed by atoms with E-state index in [0.29, 0.717) is 10.7 Å². The van der Waals surface area contributed by atoms with E-state index in [4.69, 9.17) is 11.6 Å². The second-order valence-electron chi connectivity index (χ2n) is 6.67. The van der Waals surface area contributed by atoms with Crippen molar-refractivity contribution in [3.63, 3.8) is 0 Å². The normalized spacial score (nSPS) is 16.6. The molecule has 1 aliphatic carbocycles. The number of rotatable bonds is 4. The largest absolute Gasteiger partial charge is 0.403 e. The molecule has 7 heteroatoms. The van der Waals surface area contributed by atoms with Crippen molar-refractivity contribution in [2.75, 3.05) is 0 Å². The molecule has 0 radical (unpaired) electrons. The predicted molar refractivity (Wildman–Crippen MR) is 87.0 cm³/mol. The molecule has 130 valence electrons. The smallest absolute Gasteiger partial charge is 0.357 e. The Labute approximate surface area is 142 Å². The average molecular weight is 359 g/mol. The van der Waals surface area contributed by atoms with Gasteiger partial charge in [-0.15, -0.1) is 0 Å². The Morgan fingerprint density at radius 2 is 2.00 bits per heavy atom. The van der Waals surface area contributed by atoms with Crippen LogP contribution in [-0.4, -0.2) is 17.1 Å². The maximum absolute atomic E-state index is 12.9. The first-order valence-electron chi connectivity index (χ1n) is 7.80. The van der Waals surface area contributed by atoms with Crippen LogP contribution in [0, 0.1) is 5.41 Å². The van der Waals surface area contributed by atoms with Gasteiger partial charge in [-0.3, -0.25) is 4.79 Å². The predicted octanol–water partition coefficient (Wildman–Crippen LogP) is 4.90. The second-order valence-corrected chi connectivity index (χ2v) is 7.08. The van der Waals surface area contributed by atoms with Crippen LogP contribution >= 0.6 is 11.6 Å². The zero-order valence-corrected chi connectivity index (χ0v) is 14.1. The lowest BCUT2D eigenvalue weighted by Crippen LogP contribution is -2.40. The first-order chi connectivity index (χ1) is 11.1. The Morgan fingerprint density at radius 1 is 1.33 bits per heavy atom. The molecule has 1 amide bonds. The molecule has 0 saturated heterocycles. The maximum Gasteiger partial charge on any atom is 0.403 e. The molecule has 0 atom stereocenters. The van der Waals surface area contributed by atoms with Gasteiger partial charge in [-0.25, -0.2) is 0 Å². The van der Waals surface area contributed by atoms with Gasteiger partial charge in [-0.05, 0) is 42.5 Å². The van der Waals surface area contributed by atoms with Gasteiger partial charge in [0.1, 0.15) is 5.41 Å². The lowest BCUT2D eigenvalue weighted by Gasteiger charge is -2.18. The summed E-state index contributed by atoms with van der Waals surface area (Å²) in [6.07, 6.45) is -4.76. The minimum atomic E-state index is -4.49. The molecule has 1 heterocycles. The number of hydrogen-bond acceptors (Lipinski definition) is 1. The van der Waals surface area contributed by atoms with Crippen molar-refractivity contribution >= 4 is 28.4 Å². The van der Waals surface area contributed by atoms with Crippen LogP contribution in [0.25, 0.3) is 10.9 Å². The number of aromatic amines is 1. The standard InChI is InChI=1S/C17H18ClF3N2O/c1-9(2)12-7-14-10(6-13(12)18)5-11(23-14)8-22-15(24)16(3-4-16)17(19,20)21/h5-7,9,23H,3-4,8H2,1-2H3,(H,22,24). The van der Waals surface area contributed by atoms with Gasteiger partial charge < -0.3 is 10.3 Å². The summed E-state index contributed by atoms with van der Waals surface area (Å²) in [6, 6.07) is 5.55. The Morgan fingerprint density at radius 3 is 2.54 bits per heavy atom. The maximum atomic E-state index is 12.9. The molecule has 1 aromatic carbocycles. The number of alkyl halides is 3. The summed E-state index contributed by atoms with van der Waals surface area (Å²) < 4.78 is 38.8. The molecule has 3 nitrogen and oxygen atoms in total. The van der Waals surface area contributed by atoms with Gasteiger partial charge in [0.25, 0.3) is 0 Å². The van der Waals surface area contributed by atoms with Crippen LogP contribution in [0.2, 0.25) is 5.02 Å². The number of carbonyl (C=O) groups is 1. The molecule has 1 aliphatic rings. The summed E-state index contributed by atoms with van der Waals surface area (Å²) in [6.45, 7) is 4.09. The van der Waals surface area contributed by atoms with E-state index in [9.17, 15) is 18.0 Å². The number of nitrogens with one attached hydrogen (secondary N) is 2. The van der Waals surface area contributed by atoms with Crippen molar-refractivity contribution in [2.45, 2.75) is 45.3 Å². The van der Waals surface area contributed by atoms with Crippen molar-refractivity contribution in [1.29, 1.82) is 0 Å². The fourth-order valence-corrected chi connectivity index (χ4v) is 3.27. The van der Waals surface area contributed by atoms with Gasteiger partial charge in [-0.2, -0.15) is 13.2 Å². The Bertz CT molecular complexity index is 791. The van der Waals surface area contributed by atoms with E-state index in [1.165, 1.54) is 0 Å². The van der Waals surface area contributed by atoms with E-state index in [1.54, 1.807) is 6.07 Å². The molecule has 0 spiro atoms. The monoisotopic (exact) mass is 358 g/mol. The highest BCUT2D eigenvalue weighted by Gasteiger charge is 2.68. The summed E-state index contributed by atoms with van der Waals surface area (Å²) in [5.41, 5.74) is 0.306. The van der Waals surface area contributed by atoms with Crippen LogP contribution in [-0.2, 0) is 11.3 Å². The highest BCUT2D eigenvalue weighted by molar-refractivity contribution is 6.32. The summed E-state index contributed by atoms with van der Waals surface area (Å²) in [5.74, 6) is -0.690. The van der Waals surface area contributed by atoms with Crippen molar-refractivity contribution in [1.82, 2.24) is 10.3 Å². The molecule has 1 fully saturated rings. The molecule has 0 unspecified atom stereocenters. The van der Waals surface area contributed by atoms with E-state index >= 15 is 0 Å². The SMILES string of the molecule is CC(C)c1cc2[nH]c(CNC(=O)C3(C(F)(F)F)CC3)cc2cc1Cl. The van der Waals surface area contributed by atoms with Gasteiger partial charge in [0.2, 0.25) is 5.91 Å². The Balaban J connectivity index is 1.76. The van der Waals surface area contributed by atoms with Gasteiger partial charge in [-0.1, -0.05) is 25.4 Å². The number of halogens is 4. The first-order valence-corrected chi connectivity index (χ1v) is 8.18. The number of carbonyl (C=O) groups excluding carboxylic acids is 1. The molecule has 24 heavy (non-hydrogen) atoms. The zero-order valence-electron chi connectivity index (χ0n) is 13.4. The van der Waals surface area contributed by atoms with Crippen LogP contribution in [0.15, 0.2) is 18.2 Å². The van der Waals surface area contributed by atoms with Crippen molar-refractivity contribution in [3.05, 3.63) is 34.5 Å². The fraction of sp³-hybridized carbons (Fsp3) is 0.471. The third-order valence-corrected chi connectivity index (χ3v) is 4.91. The van der Waals surface area contributed by atoms with E-state index in [0.717, 1.165) is 16.5 Å². The Kier molecular flexibility index (Phi) is 4.06. The zero-order chi connectivity index (χ0) is 17.7. The molecule has 0 bridgehead atoms. The minimum absolute atomic E-state index is 0.0278. The lowest BCUT2D eigenvalue weighted by molar-refractivity contribution is -0.192. The summed E-state index contributed by atoms with van der Waals surface area (Å²) >= 11 is 6.24. The summed E-state index contributed by atoms with van der Waals surface area (Å²) in [4.78, 5) is 15.0. The molecular weight excluding hydrogens is 341 g/mol. The third kappa shape index (κ3) is 2.88. The molecule has 1 aromatic heterocycles. The molecular formula is C17H18ClF3N2O. The minimum Gasteiger partial charge on any atom is -0.357 e. The topological polar surface area (TPSA) is 44.9 Å². The van der Waals surface area contributed by atoms with Crippen LogP contribution < -0.4 is 5.32 Å². The van der Waals surface area contributed by atoms with Crippen LogP contribution in [0.1, 0.15) is 43.9 Å². The van der Waals surface area contributed by atoms with E-state index in [-0.39, 0.29) is 25.3 Å². The number of hydrogen-bond donors (Lipinski definition) is 2. The number of aromatic nitrogens is 1. The average Bonchev–Trinajstić information content (AvgIpc) is 3.20. The third-order valence-electron chi connectivity index (χ3n) is 4.58. The first kappa shape index (κ1) is 17.1. The van der Waals surface area contributed by atoms with E-state index in [1.807, 2.05) is 26.0 Å². The lowest BCUT2D eigenvalue weighted by atomic mass is 10.0. The highest BCUT2D eigenvalue weighted by atomic mass is 35.5. The Hall–Kier alpha value is -1.69. The highest BCUT2D eigenvalue weighted by Crippen LogP contribution is 2.57. The molecule has 2 N–H and O–H groups in total. The van der Waals surface area contributed by atoms with Crippen molar-refractivity contribution in [3.8, 4) is 0 Å². The molecule has 1 saturated carbocycles. The number of benzene rings is 1. The van der Waals surface area contributed by atoms with Crippen LogP contribution in [0.3, 0.4) is 0 Å². The van der Waals surface area contributed by atoms with Crippen molar-refractivity contribution in [2.24, 2.45) is 5.41 Å². The van der Waals surface area contributed by atoms with Gasteiger partial charge in [0.05, 0.1) is 6.54 Å². The number of H-pyrrole nitrogens is 1. The quantitative estimate of drug-likeness (QED) is 0.802. The van der Waals surface area contributed by atoms with Gasteiger partial charge >= 0.3 is 6.18 Å². The number of fused-ring (bicyclic) bond motifs is 1. The van der Waals surface area contributed by atoms with E-state index in [2.05, 4.69) is 10.3 Å².